The molecule has 0 unspecified atom stereocenters. The Kier molecular flexibility index (Phi) is 3.32. The monoisotopic (exact) mass is 380 g/mol. The molecule has 4 heteroatoms. The summed E-state index contributed by atoms with van der Waals surface area (Å²) < 4.78 is -0.529. The molecule has 0 amide bonds. The molecule has 0 saturated heterocycles. The van der Waals surface area contributed by atoms with E-state index in [0.717, 1.165) is 25.7 Å². The second-order valence-corrected chi connectivity index (χ2v) is 10.1. The fourth-order valence-corrected chi connectivity index (χ4v) is 7.76. The van der Waals surface area contributed by atoms with Crippen LogP contribution in [0, 0.1) is 28.6 Å². The van der Waals surface area contributed by atoms with E-state index < -0.39 is 9.74 Å². The van der Waals surface area contributed by atoms with Gasteiger partial charge in [0, 0.05) is 31.1 Å². The molecule has 0 radical (unpaired) electrons. The first-order valence-electron chi connectivity index (χ1n) is 9.01. The molecule has 0 aliphatic heterocycles. The zero-order valence-electron chi connectivity index (χ0n) is 14.0. The number of Topliss-reactive ketones (excluding diaryl/α,β-unsaturated/α-hetero) is 3. The van der Waals surface area contributed by atoms with Crippen LogP contribution in [0.25, 0.3) is 0 Å². The molecule has 23 heavy (non-hydrogen) atoms. The van der Waals surface area contributed by atoms with Crippen molar-refractivity contribution in [2.45, 2.75) is 69.5 Å². The van der Waals surface area contributed by atoms with Gasteiger partial charge in [0.1, 0.15) is 11.6 Å². The maximum absolute atomic E-state index is 13.3. The van der Waals surface area contributed by atoms with Gasteiger partial charge in [0.05, 0.1) is 4.32 Å². The van der Waals surface area contributed by atoms with Crippen LogP contribution in [-0.2, 0) is 14.4 Å². The van der Waals surface area contributed by atoms with E-state index in [9.17, 15) is 14.4 Å². The van der Waals surface area contributed by atoms with Gasteiger partial charge in [-0.15, -0.1) is 0 Å². The van der Waals surface area contributed by atoms with E-state index in [4.69, 9.17) is 0 Å². The molecule has 0 aromatic rings. The van der Waals surface area contributed by atoms with Gasteiger partial charge < -0.3 is 0 Å². The average Bonchev–Trinajstić information content (AvgIpc) is 2.77. The van der Waals surface area contributed by atoms with Crippen molar-refractivity contribution >= 4 is 33.3 Å². The normalized spacial score (nSPS) is 52.8. The van der Waals surface area contributed by atoms with Gasteiger partial charge in [-0.25, -0.2) is 0 Å². The molecule has 0 bridgehead atoms. The summed E-state index contributed by atoms with van der Waals surface area (Å²) in [7, 11) is 0. The smallest absolute Gasteiger partial charge is 0.151 e. The number of hydrogen-bond donors (Lipinski definition) is 0. The zero-order valence-corrected chi connectivity index (χ0v) is 15.6. The number of halogens is 1. The minimum absolute atomic E-state index is 0.145. The summed E-state index contributed by atoms with van der Waals surface area (Å²) >= 11 is 3.96. The van der Waals surface area contributed by atoms with Gasteiger partial charge in [0.25, 0.3) is 0 Å². The lowest BCUT2D eigenvalue weighted by molar-refractivity contribution is -0.154. The minimum Gasteiger partial charge on any atom is -0.300 e. The van der Waals surface area contributed by atoms with E-state index >= 15 is 0 Å². The number of alkyl halides is 1. The Labute approximate surface area is 146 Å². The third-order valence-electron chi connectivity index (χ3n) is 8.02. The van der Waals surface area contributed by atoms with Crippen LogP contribution >= 0.6 is 15.9 Å². The molecule has 0 N–H and O–H groups in total. The van der Waals surface area contributed by atoms with Crippen LogP contribution in [0.15, 0.2) is 0 Å². The molecule has 4 fully saturated rings. The van der Waals surface area contributed by atoms with Crippen molar-refractivity contribution in [1.82, 2.24) is 0 Å². The third-order valence-corrected chi connectivity index (χ3v) is 9.96. The minimum atomic E-state index is -0.529. The molecule has 4 rings (SSSR count). The highest BCUT2D eigenvalue weighted by Crippen LogP contribution is 2.68. The summed E-state index contributed by atoms with van der Waals surface area (Å²) in [5.74, 6) is 1.74. The lowest BCUT2D eigenvalue weighted by Gasteiger charge is -2.62. The molecule has 0 spiro atoms. The van der Waals surface area contributed by atoms with Crippen molar-refractivity contribution in [2.75, 3.05) is 0 Å². The van der Waals surface area contributed by atoms with Crippen LogP contribution in [0.4, 0.5) is 0 Å². The third kappa shape index (κ3) is 1.79. The van der Waals surface area contributed by atoms with Crippen LogP contribution in [-0.4, -0.2) is 21.7 Å². The molecule has 6 atom stereocenters. The predicted molar refractivity (Wildman–Crippen MR) is 90.3 cm³/mol. The topological polar surface area (TPSA) is 51.2 Å². The van der Waals surface area contributed by atoms with Crippen molar-refractivity contribution in [1.29, 1.82) is 0 Å². The number of rotatable bonds is 0. The van der Waals surface area contributed by atoms with Crippen LogP contribution in [0.3, 0.4) is 0 Å². The summed E-state index contributed by atoms with van der Waals surface area (Å²) in [4.78, 5) is 37.7. The number of hydrogen-bond acceptors (Lipinski definition) is 3. The van der Waals surface area contributed by atoms with Crippen molar-refractivity contribution in [3.63, 3.8) is 0 Å². The first kappa shape index (κ1) is 16.0. The van der Waals surface area contributed by atoms with E-state index in [0.29, 0.717) is 43.3 Å². The molecule has 126 valence electrons. The molecular weight excluding hydrogens is 356 g/mol. The van der Waals surface area contributed by atoms with Gasteiger partial charge in [-0.3, -0.25) is 14.4 Å². The fraction of sp³-hybridized carbons (Fsp3) is 0.842. The van der Waals surface area contributed by atoms with E-state index in [2.05, 4.69) is 22.9 Å². The summed E-state index contributed by atoms with van der Waals surface area (Å²) in [5, 5.41) is 0. The molecule has 4 aliphatic carbocycles. The van der Waals surface area contributed by atoms with Gasteiger partial charge in [-0.05, 0) is 48.9 Å². The molecule has 0 aromatic carbocycles. The lowest BCUT2D eigenvalue weighted by atomic mass is 9.44. The Morgan fingerprint density at radius 2 is 1.70 bits per heavy atom. The maximum atomic E-state index is 13.3. The quantitative estimate of drug-likeness (QED) is 0.599. The predicted octanol–water partition coefficient (Wildman–Crippen LogP) is 3.86. The van der Waals surface area contributed by atoms with Crippen molar-refractivity contribution in [3.05, 3.63) is 0 Å². The molecule has 4 aliphatic rings. The standard InChI is InChI=1S/C19H25BrO3/c1-17-10-16(23)19(20)14(13(17)5-6-15(17)22)4-3-11-9-12(21)7-8-18(11,19)2/h11,13-14H,3-10H2,1-2H3/t11-,13-,14-,17-,18-,19-/m0/s1. The summed E-state index contributed by atoms with van der Waals surface area (Å²) in [6.45, 7) is 4.25. The zero-order chi connectivity index (χ0) is 16.6. The Morgan fingerprint density at radius 1 is 0.957 bits per heavy atom. The Bertz CT molecular complexity index is 614. The maximum Gasteiger partial charge on any atom is 0.151 e. The van der Waals surface area contributed by atoms with Gasteiger partial charge in [0.2, 0.25) is 0 Å². The van der Waals surface area contributed by atoms with Crippen LogP contribution in [0.2, 0.25) is 0 Å². The van der Waals surface area contributed by atoms with Crippen LogP contribution < -0.4 is 0 Å². The largest absolute Gasteiger partial charge is 0.300 e. The number of carbonyl (C=O) groups is 3. The molecule has 0 heterocycles. The molecular formula is C19H25BrO3. The van der Waals surface area contributed by atoms with Crippen molar-refractivity contribution in [3.8, 4) is 0 Å². The Hall–Kier alpha value is -0.510. The van der Waals surface area contributed by atoms with E-state index in [-0.39, 0.29) is 22.9 Å². The summed E-state index contributed by atoms with van der Waals surface area (Å²) in [6.07, 6.45) is 5.97. The van der Waals surface area contributed by atoms with Gasteiger partial charge in [-0.1, -0.05) is 29.8 Å². The van der Waals surface area contributed by atoms with E-state index in [1.807, 2.05) is 6.92 Å². The first-order valence-corrected chi connectivity index (χ1v) is 9.80. The van der Waals surface area contributed by atoms with Gasteiger partial charge >= 0.3 is 0 Å². The highest BCUT2D eigenvalue weighted by Gasteiger charge is 2.70. The van der Waals surface area contributed by atoms with Crippen LogP contribution in [0.5, 0.6) is 0 Å². The first-order chi connectivity index (χ1) is 10.7. The van der Waals surface area contributed by atoms with Gasteiger partial charge in [0.15, 0.2) is 5.78 Å². The highest BCUT2D eigenvalue weighted by molar-refractivity contribution is 9.10. The number of fused-ring (bicyclic) bond motifs is 5. The number of carbonyl (C=O) groups excluding carboxylic acids is 3. The van der Waals surface area contributed by atoms with Crippen molar-refractivity contribution < 1.29 is 14.4 Å². The average molecular weight is 381 g/mol. The SMILES string of the molecule is C[C@]12CCC(=O)C[C@@H]1CC[C@H]1[C@@H]3CCC(=O)[C@@]3(C)CC(=O)[C@@]12Br. The lowest BCUT2D eigenvalue weighted by Crippen LogP contribution is -2.66. The van der Waals surface area contributed by atoms with Gasteiger partial charge in [-0.2, -0.15) is 0 Å². The summed E-state index contributed by atoms with van der Waals surface area (Å²) in [6, 6.07) is 0. The Balaban J connectivity index is 1.79. The molecule has 3 nitrogen and oxygen atoms in total. The van der Waals surface area contributed by atoms with E-state index in [1.54, 1.807) is 0 Å². The molecule has 4 saturated carbocycles. The fourth-order valence-electron chi connectivity index (χ4n) is 6.55. The molecule has 0 aromatic heterocycles. The second kappa shape index (κ2) is 4.77. The second-order valence-electron chi connectivity index (χ2n) is 8.84. The summed E-state index contributed by atoms with van der Waals surface area (Å²) in [5.41, 5.74) is -0.583. The van der Waals surface area contributed by atoms with E-state index in [1.165, 1.54) is 0 Å². The number of ketones is 3. The highest BCUT2D eigenvalue weighted by atomic mass is 79.9. The van der Waals surface area contributed by atoms with Crippen LogP contribution in [0.1, 0.15) is 65.2 Å². The Morgan fingerprint density at radius 3 is 2.43 bits per heavy atom. The van der Waals surface area contributed by atoms with Crippen molar-refractivity contribution in [2.24, 2.45) is 28.6 Å².